The van der Waals surface area contributed by atoms with Crippen molar-refractivity contribution in [1.82, 2.24) is 15.0 Å². The highest BCUT2D eigenvalue weighted by atomic mass is 32.2. The van der Waals surface area contributed by atoms with Crippen LogP contribution in [0.2, 0.25) is 0 Å². The molecule has 0 unspecified atom stereocenters. The highest BCUT2D eigenvalue weighted by Crippen LogP contribution is 2.20. The van der Waals surface area contributed by atoms with Crippen LogP contribution in [0.15, 0.2) is 47.6 Å². The molecule has 8 heteroatoms. The molecule has 2 aromatic rings. The van der Waals surface area contributed by atoms with Gasteiger partial charge in [-0.15, -0.1) is 0 Å². The molecule has 2 amide bonds. The van der Waals surface area contributed by atoms with Gasteiger partial charge in [0.15, 0.2) is 0 Å². The fraction of sp³-hybridized carbons (Fsp3) is 0.250. The van der Waals surface area contributed by atoms with E-state index in [4.69, 9.17) is 0 Å². The maximum absolute atomic E-state index is 12.1. The quantitative estimate of drug-likeness (QED) is 0.771. The van der Waals surface area contributed by atoms with Crippen LogP contribution in [-0.4, -0.2) is 26.5 Å². The number of carbonyl (C=O) groups excluding carboxylic acids is 1. The molecule has 128 valence electrons. The van der Waals surface area contributed by atoms with E-state index in [-0.39, 0.29) is 10.9 Å². The minimum atomic E-state index is -3.58. The summed E-state index contributed by atoms with van der Waals surface area (Å²) in [6.07, 6.45) is 3.33. The monoisotopic (exact) mass is 348 g/mol. The van der Waals surface area contributed by atoms with E-state index in [0.717, 1.165) is 5.56 Å². The van der Waals surface area contributed by atoms with Gasteiger partial charge in [0, 0.05) is 18.1 Å². The molecule has 1 aromatic carbocycles. The van der Waals surface area contributed by atoms with Crippen LogP contribution in [0, 0.1) is 6.92 Å². The van der Waals surface area contributed by atoms with E-state index >= 15 is 0 Å². The molecular formula is C16H20N4O3S. The predicted molar refractivity (Wildman–Crippen MR) is 92.2 cm³/mol. The minimum Gasteiger partial charge on any atom is -0.331 e. The fourth-order valence-corrected chi connectivity index (χ4v) is 3.15. The first kappa shape index (κ1) is 17.9. The lowest BCUT2D eigenvalue weighted by atomic mass is 10.1. The number of pyridine rings is 1. The van der Waals surface area contributed by atoms with Crippen molar-refractivity contribution in [2.45, 2.75) is 24.8 Å². The summed E-state index contributed by atoms with van der Waals surface area (Å²) in [7, 11) is -2.24. The molecule has 1 aromatic heterocycles. The first-order chi connectivity index (χ1) is 11.3. The zero-order chi connectivity index (χ0) is 17.7. The van der Waals surface area contributed by atoms with Crippen LogP contribution in [0.5, 0.6) is 0 Å². The Kier molecular flexibility index (Phi) is 5.53. The molecule has 0 aliphatic carbocycles. The van der Waals surface area contributed by atoms with Crippen molar-refractivity contribution in [1.29, 1.82) is 0 Å². The van der Waals surface area contributed by atoms with Crippen LogP contribution >= 0.6 is 0 Å². The lowest BCUT2D eigenvalue weighted by molar-refractivity contribution is 0.249. The Labute approximate surface area is 141 Å². The number of hydrogen-bond acceptors (Lipinski definition) is 4. The standard InChI is InChI=1S/C16H20N4O3S/c1-11-6-7-14(9-15(11)24(22,23)17-3)20-16(21)19-12(2)13-5-4-8-18-10-13/h4-10,12,17H,1-3H3,(H2,19,20,21)/t12-/m1/s1. The highest BCUT2D eigenvalue weighted by molar-refractivity contribution is 7.89. The van der Waals surface area contributed by atoms with E-state index < -0.39 is 16.1 Å². The van der Waals surface area contributed by atoms with Crippen LogP contribution in [-0.2, 0) is 10.0 Å². The van der Waals surface area contributed by atoms with Crippen LogP contribution in [0.3, 0.4) is 0 Å². The molecule has 0 bridgehead atoms. The third-order valence-corrected chi connectivity index (χ3v) is 5.09. The van der Waals surface area contributed by atoms with Gasteiger partial charge in [0.25, 0.3) is 0 Å². The van der Waals surface area contributed by atoms with Gasteiger partial charge >= 0.3 is 6.03 Å². The van der Waals surface area contributed by atoms with Gasteiger partial charge < -0.3 is 10.6 Å². The normalized spacial score (nSPS) is 12.5. The number of sulfonamides is 1. The number of anilines is 1. The fourth-order valence-electron chi connectivity index (χ4n) is 2.16. The lowest BCUT2D eigenvalue weighted by Gasteiger charge is -2.15. The van der Waals surface area contributed by atoms with Crippen molar-refractivity contribution in [3.8, 4) is 0 Å². The Morgan fingerprint density at radius 3 is 2.62 bits per heavy atom. The number of amides is 2. The summed E-state index contributed by atoms with van der Waals surface area (Å²) < 4.78 is 26.2. The molecular weight excluding hydrogens is 328 g/mol. The van der Waals surface area contributed by atoms with E-state index in [1.807, 2.05) is 13.0 Å². The zero-order valence-electron chi connectivity index (χ0n) is 13.7. The molecule has 0 radical (unpaired) electrons. The number of benzene rings is 1. The first-order valence-electron chi connectivity index (χ1n) is 7.35. The van der Waals surface area contributed by atoms with Gasteiger partial charge in [-0.05, 0) is 50.2 Å². The smallest absolute Gasteiger partial charge is 0.319 e. The summed E-state index contributed by atoms with van der Waals surface area (Å²) in [4.78, 5) is 16.2. The average molecular weight is 348 g/mol. The molecule has 0 spiro atoms. The highest BCUT2D eigenvalue weighted by Gasteiger charge is 2.16. The molecule has 1 atom stereocenters. The predicted octanol–water partition coefficient (Wildman–Crippen LogP) is 2.18. The molecule has 7 nitrogen and oxygen atoms in total. The number of urea groups is 1. The summed E-state index contributed by atoms with van der Waals surface area (Å²) in [6.45, 7) is 3.53. The third kappa shape index (κ3) is 4.30. The van der Waals surface area contributed by atoms with E-state index in [9.17, 15) is 13.2 Å². The lowest BCUT2D eigenvalue weighted by Crippen LogP contribution is -2.31. The second-order valence-corrected chi connectivity index (χ2v) is 7.15. The molecule has 2 rings (SSSR count). The van der Waals surface area contributed by atoms with Crippen LogP contribution in [0.4, 0.5) is 10.5 Å². The van der Waals surface area contributed by atoms with Crippen molar-refractivity contribution in [2.75, 3.05) is 12.4 Å². The number of carbonyl (C=O) groups is 1. The largest absolute Gasteiger partial charge is 0.331 e. The summed E-state index contributed by atoms with van der Waals surface area (Å²) in [5, 5.41) is 5.42. The van der Waals surface area contributed by atoms with Crippen molar-refractivity contribution >= 4 is 21.7 Å². The number of nitrogens with zero attached hydrogens (tertiary/aromatic N) is 1. The number of aromatic nitrogens is 1. The Hall–Kier alpha value is -2.45. The van der Waals surface area contributed by atoms with E-state index in [1.54, 1.807) is 37.5 Å². The van der Waals surface area contributed by atoms with Crippen LogP contribution in [0.25, 0.3) is 0 Å². The number of aryl methyl sites for hydroxylation is 1. The molecule has 1 heterocycles. The zero-order valence-corrected chi connectivity index (χ0v) is 14.5. The molecule has 0 saturated heterocycles. The van der Waals surface area contributed by atoms with E-state index in [1.165, 1.54) is 13.1 Å². The summed E-state index contributed by atoms with van der Waals surface area (Å²) in [5.74, 6) is 0. The summed E-state index contributed by atoms with van der Waals surface area (Å²) in [6, 6.07) is 7.72. The van der Waals surface area contributed by atoms with Crippen LogP contribution < -0.4 is 15.4 Å². The Bertz CT molecular complexity index is 822. The number of hydrogen-bond donors (Lipinski definition) is 3. The SMILES string of the molecule is CNS(=O)(=O)c1cc(NC(=O)N[C@H](C)c2cccnc2)ccc1C. The topological polar surface area (TPSA) is 100 Å². The molecule has 0 fully saturated rings. The Morgan fingerprint density at radius 1 is 1.25 bits per heavy atom. The van der Waals surface area contributed by atoms with Gasteiger partial charge in [-0.1, -0.05) is 12.1 Å². The summed E-state index contributed by atoms with van der Waals surface area (Å²) in [5.41, 5.74) is 1.86. The van der Waals surface area contributed by atoms with Crippen LogP contribution in [0.1, 0.15) is 24.1 Å². The third-order valence-electron chi connectivity index (χ3n) is 3.54. The van der Waals surface area contributed by atoms with Crippen molar-refractivity contribution in [2.24, 2.45) is 0 Å². The first-order valence-corrected chi connectivity index (χ1v) is 8.83. The Morgan fingerprint density at radius 2 is 2.00 bits per heavy atom. The molecule has 0 aliphatic heterocycles. The van der Waals surface area contributed by atoms with Crippen molar-refractivity contribution in [3.05, 3.63) is 53.9 Å². The molecule has 0 saturated carbocycles. The van der Waals surface area contributed by atoms with Gasteiger partial charge in [0.05, 0.1) is 10.9 Å². The second kappa shape index (κ2) is 7.41. The van der Waals surface area contributed by atoms with E-state index in [2.05, 4.69) is 20.3 Å². The average Bonchev–Trinajstić information content (AvgIpc) is 2.57. The minimum absolute atomic E-state index is 0.128. The van der Waals surface area contributed by atoms with Gasteiger partial charge in [-0.3, -0.25) is 4.98 Å². The van der Waals surface area contributed by atoms with Crippen molar-refractivity contribution in [3.63, 3.8) is 0 Å². The van der Waals surface area contributed by atoms with E-state index in [0.29, 0.717) is 11.3 Å². The molecule has 0 aliphatic rings. The van der Waals surface area contributed by atoms with Gasteiger partial charge in [0.2, 0.25) is 10.0 Å². The van der Waals surface area contributed by atoms with Gasteiger partial charge in [-0.2, -0.15) is 0 Å². The molecule has 3 N–H and O–H groups in total. The van der Waals surface area contributed by atoms with Crippen molar-refractivity contribution < 1.29 is 13.2 Å². The Balaban J connectivity index is 2.11. The second-order valence-electron chi connectivity index (χ2n) is 5.29. The molecule has 24 heavy (non-hydrogen) atoms. The summed E-state index contributed by atoms with van der Waals surface area (Å²) >= 11 is 0. The van der Waals surface area contributed by atoms with Gasteiger partial charge in [-0.25, -0.2) is 17.9 Å². The number of nitrogens with one attached hydrogen (secondary N) is 3. The van der Waals surface area contributed by atoms with Gasteiger partial charge in [0.1, 0.15) is 0 Å². The maximum atomic E-state index is 12.1. The maximum Gasteiger partial charge on any atom is 0.319 e. The number of rotatable bonds is 5.